The minimum Gasteiger partial charge on any atom is -0.306 e. The topological polar surface area (TPSA) is 12.0 Å². The SMILES string of the molecule is CC(C)(C)c1ccc(C#Cc2ccccc2C2NCCc3ccccc32)cc1. The van der Waals surface area contributed by atoms with Crippen LogP contribution in [0.3, 0.4) is 0 Å². The van der Waals surface area contributed by atoms with Gasteiger partial charge in [-0.25, -0.2) is 0 Å². The molecule has 3 aromatic rings. The van der Waals surface area contributed by atoms with E-state index in [0.717, 1.165) is 24.1 Å². The van der Waals surface area contributed by atoms with Crippen molar-refractivity contribution in [1.29, 1.82) is 0 Å². The van der Waals surface area contributed by atoms with Crippen molar-refractivity contribution in [3.05, 3.63) is 106 Å². The van der Waals surface area contributed by atoms with E-state index >= 15 is 0 Å². The Balaban J connectivity index is 1.67. The third-order valence-electron chi connectivity index (χ3n) is 5.47. The van der Waals surface area contributed by atoms with Gasteiger partial charge in [0.1, 0.15) is 0 Å². The molecule has 0 bridgehead atoms. The fourth-order valence-electron chi connectivity index (χ4n) is 3.84. The molecule has 0 fully saturated rings. The molecule has 1 unspecified atom stereocenters. The van der Waals surface area contributed by atoms with Crippen LogP contribution < -0.4 is 5.32 Å². The van der Waals surface area contributed by atoms with Crippen LogP contribution in [0.25, 0.3) is 0 Å². The number of hydrogen-bond acceptors (Lipinski definition) is 1. The molecule has 4 rings (SSSR count). The number of nitrogens with one attached hydrogen (secondary N) is 1. The summed E-state index contributed by atoms with van der Waals surface area (Å²) in [5.74, 6) is 6.79. The zero-order valence-corrected chi connectivity index (χ0v) is 16.9. The lowest BCUT2D eigenvalue weighted by Crippen LogP contribution is -2.31. The van der Waals surface area contributed by atoms with E-state index in [-0.39, 0.29) is 11.5 Å². The van der Waals surface area contributed by atoms with Crippen molar-refractivity contribution in [2.45, 2.75) is 38.6 Å². The molecule has 0 spiro atoms. The molecule has 0 amide bonds. The summed E-state index contributed by atoms with van der Waals surface area (Å²) in [5, 5.41) is 3.69. The average Bonchev–Trinajstić information content (AvgIpc) is 2.72. The van der Waals surface area contributed by atoms with Crippen LogP contribution >= 0.6 is 0 Å². The number of fused-ring (bicyclic) bond motifs is 1. The largest absolute Gasteiger partial charge is 0.306 e. The van der Waals surface area contributed by atoms with E-state index < -0.39 is 0 Å². The maximum atomic E-state index is 3.69. The van der Waals surface area contributed by atoms with Crippen molar-refractivity contribution < 1.29 is 0 Å². The lowest BCUT2D eigenvalue weighted by Gasteiger charge is -2.28. The summed E-state index contributed by atoms with van der Waals surface area (Å²) >= 11 is 0. The van der Waals surface area contributed by atoms with E-state index in [1.54, 1.807) is 0 Å². The molecule has 0 aromatic heterocycles. The highest BCUT2D eigenvalue weighted by atomic mass is 14.9. The predicted octanol–water partition coefficient (Wildman–Crippen LogP) is 5.62. The van der Waals surface area contributed by atoms with E-state index in [1.807, 2.05) is 0 Å². The Labute approximate surface area is 168 Å². The molecule has 1 N–H and O–H groups in total. The standard InChI is InChI=1S/C27H27N/c1-27(2,3)23-16-13-20(14-17-23)12-15-21-8-4-6-10-24(21)26-25-11-7-5-9-22(25)18-19-28-26/h4-11,13-14,16-17,26,28H,18-19H2,1-3H3. The highest BCUT2D eigenvalue weighted by molar-refractivity contribution is 5.51. The lowest BCUT2D eigenvalue weighted by atomic mass is 9.86. The Morgan fingerprint density at radius 3 is 2.21 bits per heavy atom. The molecule has 1 nitrogen and oxygen atoms in total. The highest BCUT2D eigenvalue weighted by Crippen LogP contribution is 2.30. The van der Waals surface area contributed by atoms with Crippen LogP contribution in [0.2, 0.25) is 0 Å². The van der Waals surface area contributed by atoms with Crippen LogP contribution in [-0.2, 0) is 11.8 Å². The summed E-state index contributed by atoms with van der Waals surface area (Å²) in [5.41, 5.74) is 7.72. The summed E-state index contributed by atoms with van der Waals surface area (Å²) in [6.45, 7) is 7.70. The van der Waals surface area contributed by atoms with Crippen LogP contribution in [0.1, 0.15) is 60.2 Å². The third kappa shape index (κ3) is 3.88. The van der Waals surface area contributed by atoms with Crippen LogP contribution in [0.15, 0.2) is 72.8 Å². The molecule has 1 heterocycles. The number of hydrogen-bond donors (Lipinski definition) is 1. The van der Waals surface area contributed by atoms with Gasteiger partial charge in [-0.1, -0.05) is 87.2 Å². The quantitative estimate of drug-likeness (QED) is 0.552. The van der Waals surface area contributed by atoms with Gasteiger partial charge < -0.3 is 5.32 Å². The second-order valence-electron chi connectivity index (χ2n) is 8.50. The van der Waals surface area contributed by atoms with Gasteiger partial charge in [-0.3, -0.25) is 0 Å². The smallest absolute Gasteiger partial charge is 0.0591 e. The van der Waals surface area contributed by atoms with E-state index in [9.17, 15) is 0 Å². The van der Waals surface area contributed by atoms with Crippen LogP contribution in [0, 0.1) is 11.8 Å². The van der Waals surface area contributed by atoms with Crippen molar-refractivity contribution in [3.63, 3.8) is 0 Å². The summed E-state index contributed by atoms with van der Waals surface area (Å²) in [6, 6.07) is 26.1. The molecule has 1 atom stereocenters. The van der Waals surface area contributed by atoms with E-state index in [4.69, 9.17) is 0 Å². The first-order valence-corrected chi connectivity index (χ1v) is 10.0. The van der Waals surface area contributed by atoms with E-state index in [2.05, 4.69) is 111 Å². The van der Waals surface area contributed by atoms with Gasteiger partial charge >= 0.3 is 0 Å². The summed E-state index contributed by atoms with van der Waals surface area (Å²) in [7, 11) is 0. The first kappa shape index (κ1) is 18.5. The molecule has 0 aliphatic carbocycles. The molecular formula is C27H27N. The molecule has 1 aliphatic heterocycles. The van der Waals surface area contributed by atoms with Crippen LogP contribution in [-0.4, -0.2) is 6.54 Å². The van der Waals surface area contributed by atoms with Gasteiger partial charge in [0, 0.05) is 17.7 Å². The van der Waals surface area contributed by atoms with Crippen molar-refractivity contribution in [1.82, 2.24) is 5.32 Å². The lowest BCUT2D eigenvalue weighted by molar-refractivity contribution is 0.567. The maximum absolute atomic E-state index is 3.69. The Bertz CT molecular complexity index is 1030. The second kappa shape index (κ2) is 7.66. The molecule has 0 radical (unpaired) electrons. The fraction of sp³-hybridized carbons (Fsp3) is 0.259. The van der Waals surface area contributed by atoms with E-state index in [0.29, 0.717) is 0 Å². The Morgan fingerprint density at radius 1 is 0.786 bits per heavy atom. The van der Waals surface area contributed by atoms with Gasteiger partial charge in [0.15, 0.2) is 0 Å². The van der Waals surface area contributed by atoms with Crippen molar-refractivity contribution >= 4 is 0 Å². The molecule has 28 heavy (non-hydrogen) atoms. The Morgan fingerprint density at radius 2 is 1.46 bits per heavy atom. The zero-order valence-electron chi connectivity index (χ0n) is 16.9. The van der Waals surface area contributed by atoms with Gasteiger partial charge in [-0.2, -0.15) is 0 Å². The Hall–Kier alpha value is -2.82. The van der Waals surface area contributed by atoms with Gasteiger partial charge in [-0.05, 0) is 52.3 Å². The number of benzene rings is 3. The number of rotatable bonds is 1. The molecule has 1 heteroatoms. The molecule has 140 valence electrons. The van der Waals surface area contributed by atoms with Crippen molar-refractivity contribution in [2.24, 2.45) is 0 Å². The average molecular weight is 366 g/mol. The monoisotopic (exact) mass is 365 g/mol. The zero-order chi connectivity index (χ0) is 19.6. The van der Waals surface area contributed by atoms with Gasteiger partial charge in [-0.15, -0.1) is 0 Å². The van der Waals surface area contributed by atoms with Crippen LogP contribution in [0.5, 0.6) is 0 Å². The van der Waals surface area contributed by atoms with E-state index in [1.165, 1.54) is 22.3 Å². The molecular weight excluding hydrogens is 338 g/mol. The predicted molar refractivity (Wildman–Crippen MR) is 118 cm³/mol. The molecule has 3 aromatic carbocycles. The molecule has 0 saturated carbocycles. The second-order valence-corrected chi connectivity index (χ2v) is 8.50. The highest BCUT2D eigenvalue weighted by Gasteiger charge is 2.22. The normalized spacial score (nSPS) is 16.0. The first-order chi connectivity index (χ1) is 13.5. The summed E-state index contributed by atoms with van der Waals surface area (Å²) in [4.78, 5) is 0. The minimum atomic E-state index is 0.165. The summed E-state index contributed by atoms with van der Waals surface area (Å²) in [6.07, 6.45) is 1.08. The van der Waals surface area contributed by atoms with Gasteiger partial charge in [0.05, 0.1) is 6.04 Å². The molecule has 1 aliphatic rings. The van der Waals surface area contributed by atoms with Gasteiger partial charge in [0.25, 0.3) is 0 Å². The Kier molecular flexibility index (Phi) is 5.07. The molecule has 0 saturated heterocycles. The minimum absolute atomic E-state index is 0.165. The summed E-state index contributed by atoms with van der Waals surface area (Å²) < 4.78 is 0. The van der Waals surface area contributed by atoms with Crippen molar-refractivity contribution in [2.75, 3.05) is 6.54 Å². The third-order valence-corrected chi connectivity index (χ3v) is 5.47. The van der Waals surface area contributed by atoms with Crippen LogP contribution in [0.4, 0.5) is 0 Å². The van der Waals surface area contributed by atoms with Crippen molar-refractivity contribution in [3.8, 4) is 11.8 Å². The first-order valence-electron chi connectivity index (χ1n) is 10.0. The fourth-order valence-corrected chi connectivity index (χ4v) is 3.84. The van der Waals surface area contributed by atoms with Gasteiger partial charge in [0.2, 0.25) is 0 Å². The maximum Gasteiger partial charge on any atom is 0.0591 e.